The molecule has 1 aromatic heterocycles. The van der Waals surface area contributed by atoms with E-state index in [1.165, 1.54) is 4.90 Å². The minimum absolute atomic E-state index is 0.129. The van der Waals surface area contributed by atoms with Crippen LogP contribution in [0.4, 0.5) is 16.3 Å². The first-order valence-electron chi connectivity index (χ1n) is 12.5. The fourth-order valence-corrected chi connectivity index (χ4v) is 4.22. The molecule has 0 fully saturated rings. The van der Waals surface area contributed by atoms with E-state index in [4.69, 9.17) is 9.84 Å². The van der Waals surface area contributed by atoms with Gasteiger partial charge in [0.05, 0.1) is 18.5 Å². The molecule has 0 aliphatic heterocycles. The van der Waals surface area contributed by atoms with Gasteiger partial charge in [-0.25, -0.2) is 9.48 Å². The third-order valence-electron chi connectivity index (χ3n) is 6.28. The zero-order chi connectivity index (χ0) is 27.2. The predicted octanol–water partition coefficient (Wildman–Crippen LogP) is 6.05. The van der Waals surface area contributed by atoms with Crippen LogP contribution in [0.1, 0.15) is 25.1 Å². The number of benzene rings is 3. The number of rotatable bonds is 8. The second kappa shape index (κ2) is 11.6. The van der Waals surface area contributed by atoms with Crippen molar-refractivity contribution in [3.63, 3.8) is 0 Å². The number of nitrogens with one attached hydrogen (secondary N) is 2. The van der Waals surface area contributed by atoms with Crippen molar-refractivity contribution < 1.29 is 14.3 Å². The maximum Gasteiger partial charge on any atom is 0.322 e. The van der Waals surface area contributed by atoms with Crippen LogP contribution in [0.3, 0.4) is 0 Å². The number of carbonyl (C=O) groups excluding carboxylic acids is 2. The monoisotopic (exact) mass is 511 g/mol. The van der Waals surface area contributed by atoms with Crippen LogP contribution < -0.4 is 15.4 Å². The van der Waals surface area contributed by atoms with Gasteiger partial charge in [0.25, 0.3) is 0 Å². The number of nitrogens with zero attached hydrogens (tertiary/aromatic N) is 3. The Kier molecular flexibility index (Phi) is 8.11. The fraction of sp³-hybridized carbons (Fsp3) is 0.233. The van der Waals surface area contributed by atoms with Crippen LogP contribution in [0.25, 0.3) is 16.8 Å². The second-order valence-corrected chi connectivity index (χ2v) is 9.30. The highest BCUT2D eigenvalue weighted by molar-refractivity contribution is 5.99. The number of amides is 3. The van der Waals surface area contributed by atoms with Crippen LogP contribution in [0.15, 0.2) is 78.9 Å². The summed E-state index contributed by atoms with van der Waals surface area (Å²) in [4.78, 5) is 28.1. The van der Waals surface area contributed by atoms with Crippen LogP contribution in [-0.4, -0.2) is 46.3 Å². The number of hydrogen-bond acceptors (Lipinski definition) is 4. The molecule has 0 aliphatic rings. The van der Waals surface area contributed by atoms with Gasteiger partial charge >= 0.3 is 6.03 Å². The molecule has 2 N–H and O–H groups in total. The van der Waals surface area contributed by atoms with Crippen LogP contribution in [0.2, 0.25) is 0 Å². The van der Waals surface area contributed by atoms with Gasteiger partial charge in [-0.15, -0.1) is 0 Å². The van der Waals surface area contributed by atoms with Crippen molar-refractivity contribution in [2.24, 2.45) is 0 Å². The fourth-order valence-electron chi connectivity index (χ4n) is 4.22. The molecule has 0 saturated heterocycles. The zero-order valence-corrected chi connectivity index (χ0v) is 22.4. The molecule has 8 heteroatoms. The zero-order valence-electron chi connectivity index (χ0n) is 22.4. The number of para-hydroxylation sites is 1. The predicted molar refractivity (Wildman–Crippen MR) is 151 cm³/mol. The summed E-state index contributed by atoms with van der Waals surface area (Å²) in [6.45, 7) is 7.47. The van der Waals surface area contributed by atoms with Gasteiger partial charge in [0.1, 0.15) is 18.1 Å². The van der Waals surface area contributed by atoms with E-state index in [0.717, 1.165) is 33.8 Å². The molecule has 0 bridgehead atoms. The Balaban J connectivity index is 1.64. The lowest BCUT2D eigenvalue weighted by molar-refractivity contribution is -0.117. The van der Waals surface area contributed by atoms with Crippen molar-refractivity contribution in [3.8, 4) is 22.6 Å². The molecule has 196 valence electrons. The minimum atomic E-state index is -0.340. The molecule has 0 aliphatic carbocycles. The van der Waals surface area contributed by atoms with Gasteiger partial charge < -0.3 is 20.3 Å². The second-order valence-electron chi connectivity index (χ2n) is 9.30. The quantitative estimate of drug-likeness (QED) is 0.302. The first kappa shape index (κ1) is 26.5. The van der Waals surface area contributed by atoms with E-state index in [9.17, 15) is 9.59 Å². The Hall–Kier alpha value is -4.59. The normalized spacial score (nSPS) is 10.8. The lowest BCUT2D eigenvalue weighted by Gasteiger charge is -2.27. The van der Waals surface area contributed by atoms with E-state index in [0.29, 0.717) is 11.5 Å². The topological polar surface area (TPSA) is 88.5 Å². The molecule has 38 heavy (non-hydrogen) atoms. The number of urea groups is 1. The maximum absolute atomic E-state index is 13.4. The SMILES string of the molecule is COc1ccc(-n2nc(C)c(-c3ccccc3)c2NC(=O)CN(C(=O)Nc2ccccc2C)C(C)C)cc1. The van der Waals surface area contributed by atoms with Gasteiger partial charge in [-0.1, -0.05) is 48.5 Å². The molecule has 0 spiro atoms. The number of aromatic nitrogens is 2. The summed E-state index contributed by atoms with van der Waals surface area (Å²) < 4.78 is 7.00. The van der Waals surface area contributed by atoms with E-state index in [2.05, 4.69) is 10.6 Å². The molecule has 0 saturated carbocycles. The highest BCUT2D eigenvalue weighted by atomic mass is 16.5. The van der Waals surface area contributed by atoms with Crippen LogP contribution in [-0.2, 0) is 4.79 Å². The molecule has 4 rings (SSSR count). The third kappa shape index (κ3) is 5.86. The molecule has 3 aromatic carbocycles. The number of aryl methyl sites for hydroxylation is 2. The van der Waals surface area contributed by atoms with E-state index in [-0.39, 0.29) is 24.5 Å². The average Bonchev–Trinajstić information content (AvgIpc) is 3.24. The Labute approximate surface area is 223 Å². The van der Waals surface area contributed by atoms with Gasteiger partial charge in [0, 0.05) is 17.3 Å². The summed E-state index contributed by atoms with van der Waals surface area (Å²) >= 11 is 0. The number of anilines is 2. The Morgan fingerprint density at radius 2 is 1.58 bits per heavy atom. The van der Waals surface area contributed by atoms with Gasteiger partial charge in [-0.2, -0.15) is 5.10 Å². The molecule has 3 amide bonds. The number of methoxy groups -OCH3 is 1. The van der Waals surface area contributed by atoms with Crippen LogP contribution in [0.5, 0.6) is 5.75 Å². The summed E-state index contributed by atoms with van der Waals surface area (Å²) in [5, 5.41) is 10.7. The Bertz CT molecular complexity index is 1410. The first-order chi connectivity index (χ1) is 18.3. The van der Waals surface area contributed by atoms with Gasteiger partial charge in [0.15, 0.2) is 0 Å². The smallest absolute Gasteiger partial charge is 0.322 e. The summed E-state index contributed by atoms with van der Waals surface area (Å²) in [5.74, 6) is 0.927. The summed E-state index contributed by atoms with van der Waals surface area (Å²) in [5.41, 5.74) is 4.93. The average molecular weight is 512 g/mol. The Morgan fingerprint density at radius 3 is 2.21 bits per heavy atom. The molecular formula is C30H33N5O3. The minimum Gasteiger partial charge on any atom is -0.497 e. The van der Waals surface area contributed by atoms with Crippen molar-refractivity contribution >= 4 is 23.4 Å². The van der Waals surface area contributed by atoms with Crippen LogP contribution >= 0.6 is 0 Å². The van der Waals surface area contributed by atoms with Gasteiger partial charge in [-0.05, 0) is 69.2 Å². The summed E-state index contributed by atoms with van der Waals surface area (Å²) in [6.07, 6.45) is 0. The Morgan fingerprint density at radius 1 is 0.921 bits per heavy atom. The molecule has 8 nitrogen and oxygen atoms in total. The lowest BCUT2D eigenvalue weighted by Crippen LogP contribution is -2.44. The van der Waals surface area contributed by atoms with Gasteiger partial charge in [0.2, 0.25) is 5.91 Å². The molecule has 0 radical (unpaired) electrons. The molecular weight excluding hydrogens is 478 g/mol. The van der Waals surface area contributed by atoms with E-state index < -0.39 is 0 Å². The highest BCUT2D eigenvalue weighted by Gasteiger charge is 2.24. The molecule has 4 aromatic rings. The van der Waals surface area contributed by atoms with Crippen molar-refractivity contribution in [1.82, 2.24) is 14.7 Å². The van der Waals surface area contributed by atoms with Crippen molar-refractivity contribution in [1.29, 1.82) is 0 Å². The standard InChI is InChI=1S/C30H33N5O3/c1-20(2)34(30(37)31-26-14-10-9-11-21(26)3)19-27(36)32-29-28(23-12-7-6-8-13-23)22(4)33-35(29)24-15-17-25(38-5)18-16-24/h6-18,20H,19H2,1-5H3,(H,31,37)(H,32,36). The van der Waals surface area contributed by atoms with Gasteiger partial charge in [-0.3, -0.25) is 4.79 Å². The van der Waals surface area contributed by atoms with Crippen molar-refractivity contribution in [3.05, 3.63) is 90.1 Å². The lowest BCUT2D eigenvalue weighted by atomic mass is 10.1. The first-order valence-corrected chi connectivity index (χ1v) is 12.5. The van der Waals surface area contributed by atoms with E-state index in [1.54, 1.807) is 11.8 Å². The summed E-state index contributed by atoms with van der Waals surface area (Å²) in [6, 6.07) is 24.2. The van der Waals surface area contributed by atoms with Crippen molar-refractivity contribution in [2.75, 3.05) is 24.3 Å². The highest BCUT2D eigenvalue weighted by Crippen LogP contribution is 2.33. The molecule has 0 unspecified atom stereocenters. The van der Waals surface area contributed by atoms with Crippen molar-refractivity contribution in [2.45, 2.75) is 33.7 Å². The number of ether oxygens (including phenoxy) is 1. The summed E-state index contributed by atoms with van der Waals surface area (Å²) in [7, 11) is 1.61. The van der Waals surface area contributed by atoms with Crippen LogP contribution in [0, 0.1) is 13.8 Å². The third-order valence-corrected chi connectivity index (χ3v) is 6.28. The maximum atomic E-state index is 13.4. The largest absolute Gasteiger partial charge is 0.497 e. The van der Waals surface area contributed by atoms with E-state index in [1.807, 2.05) is 107 Å². The van der Waals surface area contributed by atoms with E-state index >= 15 is 0 Å². The number of hydrogen-bond donors (Lipinski definition) is 2. The molecule has 0 atom stereocenters. The molecule has 1 heterocycles. The number of carbonyl (C=O) groups is 2.